The van der Waals surface area contributed by atoms with Crippen LogP contribution < -0.4 is 15.2 Å². The molecular formula is C28H34N3O4-. The van der Waals surface area contributed by atoms with E-state index in [-0.39, 0.29) is 12.5 Å². The van der Waals surface area contributed by atoms with Crippen LogP contribution in [0.5, 0.6) is 5.75 Å². The number of carbonyl (C=O) groups excluding carboxylic acids is 2. The first kappa shape index (κ1) is 26.1. The number of nitrogens with one attached hydrogen (secondary N) is 1. The third-order valence-corrected chi connectivity index (χ3v) is 6.35. The number of rotatable bonds is 10. The molecule has 2 aromatic carbocycles. The summed E-state index contributed by atoms with van der Waals surface area (Å²) in [5.74, 6) is -0.943. The van der Waals surface area contributed by atoms with Crippen LogP contribution in [0.3, 0.4) is 0 Å². The molecule has 2 aromatic rings. The van der Waals surface area contributed by atoms with E-state index >= 15 is 0 Å². The molecule has 0 bridgehead atoms. The van der Waals surface area contributed by atoms with Crippen molar-refractivity contribution in [1.29, 1.82) is 5.26 Å². The number of carboxylic acid groups (broad SMARTS) is 1. The Labute approximate surface area is 207 Å². The Hall–Kier alpha value is -3.53. The molecular weight excluding hydrogens is 442 g/mol. The Morgan fingerprint density at radius 1 is 1.11 bits per heavy atom. The van der Waals surface area contributed by atoms with Crippen LogP contribution in [-0.2, 0) is 22.4 Å². The topological polar surface area (TPSA) is 105 Å². The van der Waals surface area contributed by atoms with Crippen molar-refractivity contribution in [2.45, 2.75) is 64.8 Å². The maximum Gasteiger partial charge on any atom is 0.260 e. The van der Waals surface area contributed by atoms with Crippen LogP contribution in [0.4, 0.5) is 5.69 Å². The Kier molecular flexibility index (Phi) is 9.54. The van der Waals surface area contributed by atoms with Crippen molar-refractivity contribution >= 4 is 17.6 Å². The molecule has 0 spiro atoms. The number of ether oxygens (including phenoxy) is 1. The Bertz CT molecular complexity index is 1050. The second-order valence-corrected chi connectivity index (χ2v) is 8.95. The summed E-state index contributed by atoms with van der Waals surface area (Å²) in [5, 5.41) is 24.4. The average molecular weight is 477 g/mol. The van der Waals surface area contributed by atoms with E-state index in [1.807, 2.05) is 24.0 Å². The van der Waals surface area contributed by atoms with Gasteiger partial charge in [0.15, 0.2) is 6.61 Å². The van der Waals surface area contributed by atoms with E-state index in [1.54, 1.807) is 24.3 Å². The van der Waals surface area contributed by atoms with Crippen molar-refractivity contribution in [1.82, 2.24) is 4.90 Å². The molecule has 1 unspecified atom stereocenters. The summed E-state index contributed by atoms with van der Waals surface area (Å²) in [6.07, 6.45) is 6.51. The second-order valence-electron chi connectivity index (χ2n) is 8.95. The van der Waals surface area contributed by atoms with Gasteiger partial charge in [-0.15, -0.1) is 0 Å². The molecule has 1 fully saturated rings. The molecule has 1 saturated heterocycles. The molecule has 0 radical (unpaired) electrons. The molecule has 0 aromatic heterocycles. The molecule has 35 heavy (non-hydrogen) atoms. The van der Waals surface area contributed by atoms with Gasteiger partial charge in [-0.25, -0.2) is 0 Å². The summed E-state index contributed by atoms with van der Waals surface area (Å²) in [4.78, 5) is 27.1. The summed E-state index contributed by atoms with van der Waals surface area (Å²) in [7, 11) is 0. The number of nitriles is 1. The minimum absolute atomic E-state index is 0.0788. The van der Waals surface area contributed by atoms with Crippen LogP contribution in [0.25, 0.3) is 0 Å². The van der Waals surface area contributed by atoms with Gasteiger partial charge in [0, 0.05) is 24.3 Å². The molecule has 186 valence electrons. The fourth-order valence-corrected chi connectivity index (χ4v) is 4.45. The Morgan fingerprint density at radius 3 is 2.37 bits per heavy atom. The predicted molar refractivity (Wildman–Crippen MR) is 133 cm³/mol. The number of aliphatic carboxylic acids is 1. The number of nitrogens with zero attached hydrogens (tertiary/aromatic N) is 2. The molecule has 1 heterocycles. The zero-order valence-electron chi connectivity index (χ0n) is 20.6. The number of anilines is 1. The van der Waals surface area contributed by atoms with Gasteiger partial charge < -0.3 is 24.9 Å². The molecule has 1 amide bonds. The van der Waals surface area contributed by atoms with Gasteiger partial charge in [-0.2, -0.15) is 5.26 Å². The quantitative estimate of drug-likeness (QED) is 0.560. The number of carbonyl (C=O) groups is 2. The van der Waals surface area contributed by atoms with Gasteiger partial charge in [0.25, 0.3) is 5.91 Å². The third-order valence-electron chi connectivity index (χ3n) is 6.35. The van der Waals surface area contributed by atoms with Crippen LogP contribution >= 0.6 is 0 Å². The van der Waals surface area contributed by atoms with E-state index in [4.69, 9.17) is 10.00 Å². The highest BCUT2D eigenvalue weighted by Crippen LogP contribution is 2.34. The van der Waals surface area contributed by atoms with E-state index < -0.39 is 12.0 Å². The summed E-state index contributed by atoms with van der Waals surface area (Å²) in [5.41, 5.74) is 3.35. The molecule has 0 aliphatic carbocycles. The number of amides is 1. The highest BCUT2D eigenvalue weighted by atomic mass is 16.5. The highest BCUT2D eigenvalue weighted by Gasteiger charge is 2.23. The SMILES string of the molecule is CCCc1cc(CC)cc(C(Nc2ccc(C#N)cc2)C(=O)[O-])c1OCC(=O)N1CCCCCC1. The number of carboxylic acids is 1. The maximum atomic E-state index is 12.9. The number of aryl methyl sites for hydroxylation is 2. The van der Waals surface area contributed by atoms with E-state index in [0.717, 1.165) is 62.7 Å². The summed E-state index contributed by atoms with van der Waals surface area (Å²) >= 11 is 0. The normalized spacial score (nSPS) is 14.5. The summed E-state index contributed by atoms with van der Waals surface area (Å²) < 4.78 is 6.12. The number of likely N-dealkylation sites (tertiary alicyclic amines) is 1. The first-order valence-corrected chi connectivity index (χ1v) is 12.5. The minimum atomic E-state index is -1.30. The largest absolute Gasteiger partial charge is 0.548 e. The maximum absolute atomic E-state index is 12.9. The van der Waals surface area contributed by atoms with Crippen LogP contribution in [0.1, 0.15) is 74.2 Å². The zero-order chi connectivity index (χ0) is 25.2. The lowest BCUT2D eigenvalue weighted by atomic mass is 9.95. The zero-order valence-corrected chi connectivity index (χ0v) is 20.6. The van der Waals surface area contributed by atoms with Gasteiger partial charge in [-0.3, -0.25) is 4.79 Å². The van der Waals surface area contributed by atoms with Crippen molar-refractivity contribution in [3.8, 4) is 11.8 Å². The molecule has 0 saturated carbocycles. The van der Waals surface area contributed by atoms with Gasteiger partial charge >= 0.3 is 0 Å². The van der Waals surface area contributed by atoms with Gasteiger partial charge in [0.2, 0.25) is 0 Å². The van der Waals surface area contributed by atoms with Crippen molar-refractivity contribution in [2.24, 2.45) is 0 Å². The lowest BCUT2D eigenvalue weighted by molar-refractivity contribution is -0.307. The first-order chi connectivity index (χ1) is 17.0. The molecule has 3 rings (SSSR count). The van der Waals surface area contributed by atoms with Crippen molar-refractivity contribution in [3.63, 3.8) is 0 Å². The number of hydrogen-bond donors (Lipinski definition) is 1. The van der Waals surface area contributed by atoms with Gasteiger partial charge in [0.05, 0.1) is 23.6 Å². The molecule has 1 atom stereocenters. The Morgan fingerprint density at radius 2 is 1.80 bits per heavy atom. The van der Waals surface area contributed by atoms with Crippen LogP contribution in [0.15, 0.2) is 36.4 Å². The standard InChI is InChI=1S/C28H35N3O4/c1-3-9-22-16-20(4-2)17-24(26(28(33)34)30-23-12-10-21(18-29)11-13-23)27(22)35-19-25(32)31-14-7-5-6-8-15-31/h10-13,16-17,26,30H,3-9,14-15,19H2,1-2H3,(H,33,34)/p-1. The van der Waals surface area contributed by atoms with Crippen LogP contribution in [-0.4, -0.2) is 36.5 Å². The minimum Gasteiger partial charge on any atom is -0.548 e. The second kappa shape index (κ2) is 12.8. The molecule has 7 nitrogen and oxygen atoms in total. The average Bonchev–Trinajstić information content (AvgIpc) is 3.16. The smallest absolute Gasteiger partial charge is 0.260 e. The van der Waals surface area contributed by atoms with Crippen molar-refractivity contribution < 1.29 is 19.4 Å². The monoisotopic (exact) mass is 476 g/mol. The fourth-order valence-electron chi connectivity index (χ4n) is 4.45. The molecule has 1 aliphatic heterocycles. The lowest BCUT2D eigenvalue weighted by Crippen LogP contribution is -2.37. The van der Waals surface area contributed by atoms with E-state index in [9.17, 15) is 14.7 Å². The van der Waals surface area contributed by atoms with Crippen molar-refractivity contribution in [2.75, 3.05) is 25.0 Å². The number of hydrogen-bond acceptors (Lipinski definition) is 6. The van der Waals surface area contributed by atoms with Gasteiger partial charge in [-0.05, 0) is 67.1 Å². The van der Waals surface area contributed by atoms with Crippen molar-refractivity contribution in [3.05, 3.63) is 58.7 Å². The van der Waals surface area contributed by atoms with Crippen LogP contribution in [0, 0.1) is 11.3 Å². The molecule has 1 N–H and O–H groups in total. The Balaban J connectivity index is 1.94. The van der Waals surface area contributed by atoms with E-state index in [0.29, 0.717) is 29.0 Å². The first-order valence-electron chi connectivity index (χ1n) is 12.5. The summed E-state index contributed by atoms with van der Waals surface area (Å²) in [6.45, 7) is 5.39. The lowest BCUT2D eigenvalue weighted by Gasteiger charge is -2.27. The predicted octanol–water partition coefficient (Wildman–Crippen LogP) is 3.76. The highest BCUT2D eigenvalue weighted by molar-refractivity contribution is 5.80. The fraction of sp³-hybridized carbons (Fsp3) is 0.464. The number of benzene rings is 2. The summed E-state index contributed by atoms with van der Waals surface area (Å²) in [6, 6.07) is 11.3. The van der Waals surface area contributed by atoms with Crippen LogP contribution in [0.2, 0.25) is 0 Å². The van der Waals surface area contributed by atoms with E-state index in [1.165, 1.54) is 0 Å². The van der Waals surface area contributed by atoms with Gasteiger partial charge in [-0.1, -0.05) is 39.2 Å². The third kappa shape index (κ3) is 6.98. The molecule has 7 heteroatoms. The van der Waals surface area contributed by atoms with Gasteiger partial charge in [0.1, 0.15) is 5.75 Å². The molecule has 1 aliphatic rings. The van der Waals surface area contributed by atoms with E-state index in [2.05, 4.69) is 18.3 Å².